The number of carbonyl (C=O) groups excluding carboxylic acids is 2. The summed E-state index contributed by atoms with van der Waals surface area (Å²) >= 11 is 0. The lowest BCUT2D eigenvalue weighted by Gasteiger charge is -2.32. The van der Waals surface area contributed by atoms with Gasteiger partial charge in [-0.15, -0.1) is 0 Å². The normalized spacial score (nSPS) is 21.5. The summed E-state index contributed by atoms with van der Waals surface area (Å²) < 4.78 is 0. The van der Waals surface area contributed by atoms with Gasteiger partial charge in [0.25, 0.3) is 5.91 Å². The number of benzene rings is 2. The molecule has 204 valence electrons. The summed E-state index contributed by atoms with van der Waals surface area (Å²) in [7, 11) is 1.58. The molecule has 0 aromatic heterocycles. The van der Waals surface area contributed by atoms with E-state index >= 15 is 0 Å². The number of aliphatic carboxylic acids is 1. The third kappa shape index (κ3) is 6.92. The third-order valence-corrected chi connectivity index (χ3v) is 8.08. The van der Waals surface area contributed by atoms with Gasteiger partial charge in [-0.3, -0.25) is 4.79 Å². The molecular formula is C30H39N3O5. The maximum atomic E-state index is 13.4. The Kier molecular flexibility index (Phi) is 9.39. The number of aliphatic hydroxyl groups excluding tert-OH is 1. The maximum Gasteiger partial charge on any atom is 0.326 e. The lowest BCUT2D eigenvalue weighted by molar-refractivity contribution is -0.141. The predicted octanol–water partition coefficient (Wildman–Crippen LogP) is 3.80. The van der Waals surface area contributed by atoms with E-state index in [-0.39, 0.29) is 18.4 Å². The number of hydrogen-bond donors (Lipinski definition) is 3. The van der Waals surface area contributed by atoms with E-state index in [4.69, 9.17) is 0 Å². The zero-order valence-corrected chi connectivity index (χ0v) is 22.0. The summed E-state index contributed by atoms with van der Waals surface area (Å²) in [5.74, 6) is -0.638. The van der Waals surface area contributed by atoms with Gasteiger partial charge in [0.15, 0.2) is 0 Å². The van der Waals surface area contributed by atoms with Gasteiger partial charge in [0.05, 0.1) is 18.7 Å². The number of rotatable bonds is 9. The Balaban J connectivity index is 1.44. The number of carbonyl (C=O) groups is 3. The Labute approximate surface area is 224 Å². The van der Waals surface area contributed by atoms with E-state index < -0.39 is 30.2 Å². The molecule has 8 nitrogen and oxygen atoms in total. The van der Waals surface area contributed by atoms with Crippen LogP contribution >= 0.6 is 0 Å². The second-order valence-electron chi connectivity index (χ2n) is 10.8. The molecule has 1 aliphatic carbocycles. The van der Waals surface area contributed by atoms with E-state index in [1.54, 1.807) is 31.3 Å². The SMILES string of the molecule is CN(CC(O)[C@H](Cc1ccccc1)NC(=O)c1ccccc1)C(=O)N1C[C@H](C2CCCCC2)C[C@H]1C(=O)O. The lowest BCUT2D eigenvalue weighted by Crippen LogP contribution is -2.53. The van der Waals surface area contributed by atoms with Gasteiger partial charge in [-0.05, 0) is 42.4 Å². The summed E-state index contributed by atoms with van der Waals surface area (Å²) in [6.45, 7) is 0.390. The molecule has 1 aliphatic heterocycles. The Morgan fingerprint density at radius 1 is 0.974 bits per heavy atom. The molecule has 8 heteroatoms. The summed E-state index contributed by atoms with van der Waals surface area (Å²) in [5, 5.41) is 24.0. The van der Waals surface area contributed by atoms with Crippen molar-refractivity contribution in [1.29, 1.82) is 0 Å². The van der Waals surface area contributed by atoms with Crippen molar-refractivity contribution in [2.75, 3.05) is 20.1 Å². The van der Waals surface area contributed by atoms with Crippen molar-refractivity contribution in [2.24, 2.45) is 11.8 Å². The summed E-state index contributed by atoms with van der Waals surface area (Å²) in [4.78, 5) is 41.2. The minimum Gasteiger partial charge on any atom is -0.480 e. The number of likely N-dealkylation sites (tertiary alicyclic amines) is 1. The van der Waals surface area contributed by atoms with Crippen LogP contribution in [0.15, 0.2) is 60.7 Å². The van der Waals surface area contributed by atoms with E-state index in [9.17, 15) is 24.6 Å². The van der Waals surface area contributed by atoms with Crippen LogP contribution in [0.3, 0.4) is 0 Å². The molecule has 1 saturated heterocycles. The fraction of sp³-hybridized carbons (Fsp3) is 0.500. The van der Waals surface area contributed by atoms with Crippen molar-refractivity contribution in [1.82, 2.24) is 15.1 Å². The van der Waals surface area contributed by atoms with Crippen LogP contribution in [0, 0.1) is 11.8 Å². The topological polar surface area (TPSA) is 110 Å². The fourth-order valence-corrected chi connectivity index (χ4v) is 5.96. The maximum absolute atomic E-state index is 13.4. The third-order valence-electron chi connectivity index (χ3n) is 8.08. The molecule has 0 radical (unpaired) electrons. The summed E-state index contributed by atoms with van der Waals surface area (Å²) in [5.41, 5.74) is 1.43. The number of nitrogens with zero attached hydrogens (tertiary/aromatic N) is 2. The average Bonchev–Trinajstić information content (AvgIpc) is 3.40. The van der Waals surface area contributed by atoms with Gasteiger partial charge in [-0.25, -0.2) is 9.59 Å². The van der Waals surface area contributed by atoms with Crippen LogP contribution < -0.4 is 5.32 Å². The predicted molar refractivity (Wildman–Crippen MR) is 145 cm³/mol. The van der Waals surface area contributed by atoms with Crippen LogP contribution in [0.5, 0.6) is 0 Å². The smallest absolute Gasteiger partial charge is 0.326 e. The molecule has 2 aromatic rings. The number of carboxylic acids is 1. The van der Waals surface area contributed by atoms with Crippen molar-refractivity contribution in [3.8, 4) is 0 Å². The molecule has 1 unspecified atom stereocenters. The molecule has 2 fully saturated rings. The van der Waals surface area contributed by atoms with Crippen LogP contribution in [0.25, 0.3) is 0 Å². The van der Waals surface area contributed by atoms with E-state index in [2.05, 4.69) is 5.32 Å². The molecule has 3 N–H and O–H groups in total. The monoisotopic (exact) mass is 521 g/mol. The van der Waals surface area contributed by atoms with Crippen molar-refractivity contribution >= 4 is 17.9 Å². The van der Waals surface area contributed by atoms with Gasteiger partial charge >= 0.3 is 12.0 Å². The van der Waals surface area contributed by atoms with Crippen molar-refractivity contribution < 1.29 is 24.6 Å². The van der Waals surface area contributed by atoms with Gasteiger partial charge < -0.3 is 25.3 Å². The highest BCUT2D eigenvalue weighted by atomic mass is 16.4. The number of urea groups is 1. The quantitative estimate of drug-likeness (QED) is 0.465. The average molecular weight is 522 g/mol. The van der Waals surface area contributed by atoms with Crippen molar-refractivity contribution in [3.05, 3.63) is 71.8 Å². The van der Waals surface area contributed by atoms with E-state index in [1.165, 1.54) is 16.2 Å². The molecular weight excluding hydrogens is 482 g/mol. The molecule has 0 bridgehead atoms. The first kappa shape index (κ1) is 27.6. The van der Waals surface area contributed by atoms with Crippen LogP contribution in [0.1, 0.15) is 54.4 Å². The first-order valence-corrected chi connectivity index (χ1v) is 13.7. The van der Waals surface area contributed by atoms with Crippen molar-refractivity contribution in [2.45, 2.75) is 63.1 Å². The Bertz CT molecular complexity index is 1070. The zero-order valence-electron chi connectivity index (χ0n) is 22.0. The summed E-state index contributed by atoms with van der Waals surface area (Å²) in [6, 6.07) is 16.4. The molecule has 2 aromatic carbocycles. The Morgan fingerprint density at radius 3 is 2.24 bits per heavy atom. The Hall–Kier alpha value is -3.39. The van der Waals surface area contributed by atoms with Gasteiger partial charge in [0.1, 0.15) is 6.04 Å². The first-order valence-electron chi connectivity index (χ1n) is 13.7. The highest BCUT2D eigenvalue weighted by Gasteiger charge is 2.43. The minimum atomic E-state index is -1.06. The lowest BCUT2D eigenvalue weighted by atomic mass is 9.79. The minimum absolute atomic E-state index is 0.0393. The molecule has 4 atom stereocenters. The fourth-order valence-electron chi connectivity index (χ4n) is 5.96. The molecule has 1 heterocycles. The molecule has 3 amide bonds. The van der Waals surface area contributed by atoms with Crippen LogP contribution in [-0.2, 0) is 11.2 Å². The van der Waals surface area contributed by atoms with E-state index in [0.717, 1.165) is 31.2 Å². The summed E-state index contributed by atoms with van der Waals surface area (Å²) in [6.07, 6.45) is 5.54. The van der Waals surface area contributed by atoms with Crippen LogP contribution in [0.4, 0.5) is 4.79 Å². The zero-order chi connectivity index (χ0) is 27.1. The van der Waals surface area contributed by atoms with Crippen LogP contribution in [-0.4, -0.2) is 76.2 Å². The number of aliphatic hydroxyl groups is 1. The van der Waals surface area contributed by atoms with Gasteiger partial charge in [0.2, 0.25) is 0 Å². The van der Waals surface area contributed by atoms with E-state index in [1.807, 2.05) is 36.4 Å². The number of carboxylic acid groups (broad SMARTS) is 1. The number of hydrogen-bond acceptors (Lipinski definition) is 4. The second-order valence-corrected chi connectivity index (χ2v) is 10.8. The van der Waals surface area contributed by atoms with Gasteiger partial charge in [0, 0.05) is 19.2 Å². The molecule has 0 spiro atoms. The van der Waals surface area contributed by atoms with Crippen molar-refractivity contribution in [3.63, 3.8) is 0 Å². The first-order chi connectivity index (χ1) is 18.3. The largest absolute Gasteiger partial charge is 0.480 e. The highest BCUT2D eigenvalue weighted by molar-refractivity contribution is 5.94. The number of likely N-dealkylation sites (N-methyl/N-ethyl adjacent to an activating group) is 1. The molecule has 1 saturated carbocycles. The van der Waals surface area contributed by atoms with Crippen LogP contribution in [0.2, 0.25) is 0 Å². The van der Waals surface area contributed by atoms with Gasteiger partial charge in [-0.1, -0.05) is 80.6 Å². The van der Waals surface area contributed by atoms with Gasteiger partial charge in [-0.2, -0.15) is 0 Å². The molecule has 2 aliphatic rings. The Morgan fingerprint density at radius 2 is 1.61 bits per heavy atom. The molecule has 4 rings (SSSR count). The number of nitrogens with one attached hydrogen (secondary N) is 1. The number of amides is 3. The molecule has 38 heavy (non-hydrogen) atoms. The standard InChI is InChI=1S/C30H39N3O5/c1-32(30(38)33-19-24(18-26(33)29(36)37)22-13-7-3-8-14-22)20-27(34)25(17-21-11-5-2-6-12-21)31-28(35)23-15-9-4-10-16-23/h2,4-6,9-12,15-16,22,24-27,34H,3,7-8,13-14,17-20H2,1H3,(H,31,35)(H,36,37)/t24-,25+,26+,27?/m1/s1. The highest BCUT2D eigenvalue weighted by Crippen LogP contribution is 2.38. The second kappa shape index (κ2) is 12.9. The van der Waals surface area contributed by atoms with E-state index in [0.29, 0.717) is 30.9 Å².